The zero-order valence-electron chi connectivity index (χ0n) is 16.2. The van der Waals surface area contributed by atoms with Crippen LogP contribution in [0.15, 0.2) is 63.0 Å². The number of fused-ring (bicyclic) bond motifs is 1. The highest BCUT2D eigenvalue weighted by molar-refractivity contribution is 7.86. The molecule has 8 nitrogen and oxygen atoms in total. The van der Waals surface area contributed by atoms with Crippen LogP contribution in [0.3, 0.4) is 0 Å². The number of rotatable bonds is 4. The summed E-state index contributed by atoms with van der Waals surface area (Å²) >= 11 is 5.91. The second-order valence-corrected chi connectivity index (χ2v) is 8.37. The molecule has 0 fully saturated rings. The second-order valence-electron chi connectivity index (χ2n) is 6.48. The lowest BCUT2D eigenvalue weighted by Crippen LogP contribution is -2.24. The summed E-state index contributed by atoms with van der Waals surface area (Å²) in [6, 6.07) is 13.0. The van der Waals surface area contributed by atoms with E-state index in [-0.39, 0.29) is 5.56 Å². The number of hydrogen-bond acceptors (Lipinski definition) is 6. The molecule has 1 aromatic carbocycles. The third-order valence-electron chi connectivity index (χ3n) is 4.62. The lowest BCUT2D eigenvalue weighted by molar-refractivity contribution is 0.730. The van der Waals surface area contributed by atoms with Crippen molar-refractivity contribution in [3.8, 4) is 17.3 Å². The van der Waals surface area contributed by atoms with E-state index in [0.717, 1.165) is 16.8 Å². The quantitative estimate of drug-likeness (QED) is 0.360. The minimum absolute atomic E-state index is 0.271. The van der Waals surface area contributed by atoms with Crippen LogP contribution >= 0.6 is 11.6 Å². The van der Waals surface area contributed by atoms with Crippen LogP contribution in [0.2, 0.25) is 5.15 Å². The van der Waals surface area contributed by atoms with Crippen LogP contribution in [0.4, 0.5) is 0 Å². The molecule has 0 aliphatic carbocycles. The third-order valence-corrected chi connectivity index (χ3v) is 5.90. The molecule has 0 aliphatic heterocycles. The Morgan fingerprint density at radius 3 is 2.67 bits per heavy atom. The zero-order valence-corrected chi connectivity index (χ0v) is 17.7. The number of halogens is 1. The zero-order chi connectivity index (χ0) is 21.3. The van der Waals surface area contributed by atoms with Crippen molar-refractivity contribution >= 4 is 28.1 Å². The third kappa shape index (κ3) is 3.63. The summed E-state index contributed by atoms with van der Waals surface area (Å²) in [6.45, 7) is 2.30. The number of benzene rings is 1. The summed E-state index contributed by atoms with van der Waals surface area (Å²) in [5.41, 5.74) is 2.70. The van der Waals surface area contributed by atoms with Crippen molar-refractivity contribution in [2.24, 2.45) is 4.36 Å². The fraction of sp³-hybridized carbons (Fsp3) is 0.150. The van der Waals surface area contributed by atoms with Gasteiger partial charge in [0, 0.05) is 18.1 Å². The van der Waals surface area contributed by atoms with Crippen molar-refractivity contribution < 1.29 is 0 Å². The first-order valence-electron chi connectivity index (χ1n) is 8.91. The number of pyridine rings is 1. The predicted molar refractivity (Wildman–Crippen MR) is 115 cm³/mol. The van der Waals surface area contributed by atoms with Crippen molar-refractivity contribution in [2.75, 3.05) is 6.26 Å². The Labute approximate surface area is 179 Å². The van der Waals surface area contributed by atoms with Crippen molar-refractivity contribution in [1.29, 1.82) is 5.26 Å². The van der Waals surface area contributed by atoms with Gasteiger partial charge >= 0.3 is 0 Å². The summed E-state index contributed by atoms with van der Waals surface area (Å²) in [5.74, 6) is 0.384. The average Bonchev–Trinajstić information content (AvgIpc) is 3.19. The number of hydrogen-bond donors (Lipinski definition) is 0. The number of aromatic nitrogens is 5. The van der Waals surface area contributed by atoms with Crippen LogP contribution in [-0.2, 0) is 17.2 Å². The maximum atomic E-state index is 13.3. The highest BCUT2D eigenvalue weighted by Crippen LogP contribution is 2.22. The Morgan fingerprint density at radius 2 is 2.00 bits per heavy atom. The molecule has 0 spiro atoms. The van der Waals surface area contributed by atoms with Gasteiger partial charge in [0.25, 0.3) is 5.56 Å². The maximum Gasteiger partial charge on any atom is 0.283 e. The molecule has 0 saturated heterocycles. The first kappa shape index (κ1) is 19.9. The predicted octanol–water partition coefficient (Wildman–Crippen LogP) is 3.23. The van der Waals surface area contributed by atoms with Crippen molar-refractivity contribution in [3.05, 3.63) is 75.4 Å². The fourth-order valence-electron chi connectivity index (χ4n) is 3.18. The molecule has 0 N–H and O–H groups in total. The lowest BCUT2D eigenvalue weighted by Gasteiger charge is -2.15. The van der Waals surface area contributed by atoms with Gasteiger partial charge in [0.15, 0.2) is 0 Å². The molecule has 150 valence electrons. The van der Waals surface area contributed by atoms with Crippen LogP contribution in [0.5, 0.6) is 0 Å². The molecular formula is C20H16ClN7OS. The van der Waals surface area contributed by atoms with Crippen LogP contribution < -0.4 is 5.56 Å². The van der Waals surface area contributed by atoms with Gasteiger partial charge in [-0.3, -0.25) is 4.79 Å². The van der Waals surface area contributed by atoms with E-state index in [4.69, 9.17) is 16.9 Å². The van der Waals surface area contributed by atoms with Crippen molar-refractivity contribution in [2.45, 2.75) is 18.6 Å². The van der Waals surface area contributed by atoms with Crippen LogP contribution in [0, 0.1) is 18.4 Å². The maximum absolute atomic E-state index is 13.3. The van der Waals surface area contributed by atoms with E-state index in [2.05, 4.69) is 19.4 Å². The molecule has 10 heteroatoms. The summed E-state index contributed by atoms with van der Waals surface area (Å²) in [4.78, 5) is 22.0. The largest absolute Gasteiger partial charge is 0.309 e. The van der Waals surface area contributed by atoms with E-state index in [9.17, 15) is 4.79 Å². The van der Waals surface area contributed by atoms with Gasteiger partial charge in [0.2, 0.25) is 17.1 Å². The molecule has 0 saturated carbocycles. The minimum Gasteiger partial charge on any atom is -0.309 e. The summed E-state index contributed by atoms with van der Waals surface area (Å²) in [5, 5.41) is 14.0. The highest BCUT2D eigenvalue weighted by Gasteiger charge is 2.20. The SMILES string of the molecule is Cc1c(-c2ccccc2)c(=O)n2nc(/S(C)=N/C#N)nc2n1Cc1ccc(Cl)nc1. The molecule has 1 atom stereocenters. The van der Waals surface area contributed by atoms with Gasteiger partial charge in [-0.25, -0.2) is 4.98 Å². The van der Waals surface area contributed by atoms with E-state index in [0.29, 0.717) is 28.2 Å². The van der Waals surface area contributed by atoms with Crippen LogP contribution in [0.25, 0.3) is 16.9 Å². The average molecular weight is 438 g/mol. The Kier molecular flexibility index (Phi) is 5.44. The Bertz CT molecular complexity index is 1370. The first-order valence-corrected chi connectivity index (χ1v) is 10.9. The van der Waals surface area contributed by atoms with Gasteiger partial charge in [-0.05, 0) is 34.8 Å². The topological polar surface area (TPSA) is 101 Å². The summed E-state index contributed by atoms with van der Waals surface area (Å²) in [6.07, 6.45) is 5.20. The molecule has 30 heavy (non-hydrogen) atoms. The van der Waals surface area contributed by atoms with Gasteiger partial charge in [-0.15, -0.1) is 9.46 Å². The Morgan fingerprint density at radius 1 is 1.23 bits per heavy atom. The van der Waals surface area contributed by atoms with E-state index < -0.39 is 10.7 Å². The van der Waals surface area contributed by atoms with Gasteiger partial charge in [-0.1, -0.05) is 48.0 Å². The monoisotopic (exact) mass is 437 g/mol. The Balaban J connectivity index is 2.01. The standard InChI is InChI=1S/C20H16ClN7OS/c1-13-17(15-6-4-3-5-7-15)18(29)28-20(25-19(26-28)30(2)24-12-22)27(13)11-14-8-9-16(21)23-10-14/h3-10H,11H2,1-2H3. The Hall–Kier alpha value is -3.35. The summed E-state index contributed by atoms with van der Waals surface area (Å²) < 4.78 is 7.00. The molecule has 3 aromatic heterocycles. The molecule has 0 bridgehead atoms. The molecule has 0 radical (unpaired) electrons. The second kappa shape index (κ2) is 8.18. The normalized spacial score (nSPS) is 12.2. The lowest BCUT2D eigenvalue weighted by atomic mass is 10.1. The highest BCUT2D eigenvalue weighted by atomic mass is 35.5. The molecule has 3 heterocycles. The van der Waals surface area contributed by atoms with E-state index >= 15 is 0 Å². The van der Waals surface area contributed by atoms with Crippen molar-refractivity contribution in [3.63, 3.8) is 0 Å². The van der Waals surface area contributed by atoms with Crippen LogP contribution in [0.1, 0.15) is 11.3 Å². The number of nitrogens with zero attached hydrogens (tertiary/aromatic N) is 7. The molecule has 0 amide bonds. The molecular weight excluding hydrogens is 422 g/mol. The summed E-state index contributed by atoms with van der Waals surface area (Å²) in [7, 11) is -0.851. The smallest absolute Gasteiger partial charge is 0.283 e. The van der Waals surface area contributed by atoms with E-state index in [1.54, 1.807) is 24.7 Å². The fourth-order valence-corrected chi connectivity index (χ4v) is 3.91. The first-order chi connectivity index (χ1) is 14.5. The molecule has 4 rings (SSSR count). The van der Waals surface area contributed by atoms with Crippen LogP contribution in [-0.4, -0.2) is 30.4 Å². The van der Waals surface area contributed by atoms with E-state index in [1.807, 2.05) is 47.9 Å². The van der Waals surface area contributed by atoms with Gasteiger partial charge in [-0.2, -0.15) is 14.8 Å². The molecule has 1 unspecified atom stereocenters. The van der Waals surface area contributed by atoms with E-state index in [1.165, 1.54) is 4.52 Å². The van der Waals surface area contributed by atoms with Gasteiger partial charge in [0.05, 0.1) is 12.1 Å². The number of nitriles is 1. The van der Waals surface area contributed by atoms with Crippen molar-refractivity contribution in [1.82, 2.24) is 24.1 Å². The molecule has 0 aliphatic rings. The molecule has 4 aromatic rings. The minimum atomic E-state index is -0.851. The van der Waals surface area contributed by atoms with Gasteiger partial charge < -0.3 is 4.57 Å². The van der Waals surface area contributed by atoms with Gasteiger partial charge in [0.1, 0.15) is 5.15 Å².